The number of hydrogen-bond donors (Lipinski definition) is 0. The molecular formula is C9H17NO3. The van der Waals surface area contributed by atoms with Crippen LogP contribution in [0.15, 0.2) is 12.8 Å². The van der Waals surface area contributed by atoms with Crippen molar-refractivity contribution in [1.29, 1.82) is 0 Å². The van der Waals surface area contributed by atoms with Crippen molar-refractivity contribution in [3.8, 4) is 0 Å². The minimum absolute atomic E-state index is 0.299. The van der Waals surface area contributed by atoms with Crippen LogP contribution < -0.4 is 0 Å². The van der Waals surface area contributed by atoms with Gasteiger partial charge in [0.1, 0.15) is 0 Å². The molecule has 4 heteroatoms. The monoisotopic (exact) mass is 187 g/mol. The molecule has 1 saturated heterocycles. The quantitative estimate of drug-likeness (QED) is 0.343. The third-order valence-corrected chi connectivity index (χ3v) is 1.92. The maximum atomic E-state index is 5.22. The highest BCUT2D eigenvalue weighted by Crippen LogP contribution is 1.95. The first kappa shape index (κ1) is 10.5. The Morgan fingerprint density at radius 2 is 2.15 bits per heavy atom. The Morgan fingerprint density at radius 3 is 2.85 bits per heavy atom. The molecule has 13 heavy (non-hydrogen) atoms. The molecular weight excluding hydrogens is 170 g/mol. The van der Waals surface area contributed by atoms with E-state index in [9.17, 15) is 0 Å². The van der Waals surface area contributed by atoms with Crippen molar-refractivity contribution < 1.29 is 14.2 Å². The van der Waals surface area contributed by atoms with E-state index in [-0.39, 0.29) is 0 Å². The van der Waals surface area contributed by atoms with E-state index >= 15 is 0 Å². The molecule has 76 valence electrons. The first-order valence-corrected chi connectivity index (χ1v) is 4.54. The zero-order chi connectivity index (χ0) is 9.36. The lowest BCUT2D eigenvalue weighted by Crippen LogP contribution is -2.38. The van der Waals surface area contributed by atoms with Crippen LogP contribution in [0.2, 0.25) is 0 Å². The summed E-state index contributed by atoms with van der Waals surface area (Å²) in [4.78, 5) is 2.32. The molecule has 0 aliphatic carbocycles. The Morgan fingerprint density at radius 1 is 1.38 bits per heavy atom. The molecule has 0 bridgehead atoms. The van der Waals surface area contributed by atoms with Gasteiger partial charge in [-0.2, -0.15) is 0 Å². The zero-order valence-electron chi connectivity index (χ0n) is 7.91. The fourth-order valence-corrected chi connectivity index (χ4v) is 1.17. The average Bonchev–Trinajstić information content (AvgIpc) is 2.19. The molecule has 1 aliphatic rings. The van der Waals surface area contributed by atoms with Crippen molar-refractivity contribution in [3.05, 3.63) is 12.8 Å². The van der Waals surface area contributed by atoms with Crippen LogP contribution in [0.5, 0.6) is 0 Å². The first-order chi connectivity index (χ1) is 6.43. The normalized spacial score (nSPS) is 18.5. The van der Waals surface area contributed by atoms with Gasteiger partial charge in [-0.25, -0.2) is 0 Å². The van der Waals surface area contributed by atoms with Gasteiger partial charge < -0.3 is 14.2 Å². The summed E-state index contributed by atoms with van der Waals surface area (Å²) >= 11 is 0. The Labute approximate surface area is 79.1 Å². The Kier molecular flexibility index (Phi) is 5.56. The van der Waals surface area contributed by atoms with Crippen molar-refractivity contribution in [2.45, 2.75) is 0 Å². The summed E-state index contributed by atoms with van der Waals surface area (Å²) in [5, 5.41) is 0. The topological polar surface area (TPSA) is 30.9 Å². The van der Waals surface area contributed by atoms with E-state index in [1.54, 1.807) is 0 Å². The molecule has 0 amide bonds. The lowest BCUT2D eigenvalue weighted by atomic mass is 10.4. The van der Waals surface area contributed by atoms with Gasteiger partial charge in [0.25, 0.3) is 0 Å². The standard InChI is InChI=1S/C9H17NO3/c1-2-11-9-13-8-5-10-3-6-12-7-4-10/h2H,1,3-9H2. The molecule has 0 radical (unpaired) electrons. The zero-order valence-corrected chi connectivity index (χ0v) is 7.91. The molecule has 4 nitrogen and oxygen atoms in total. The van der Waals surface area contributed by atoms with Crippen LogP contribution in [0.3, 0.4) is 0 Å². The fourth-order valence-electron chi connectivity index (χ4n) is 1.17. The third kappa shape index (κ3) is 4.87. The van der Waals surface area contributed by atoms with Crippen LogP contribution in [0, 0.1) is 0 Å². The van der Waals surface area contributed by atoms with Gasteiger partial charge in [0.2, 0.25) is 0 Å². The number of morpholine rings is 1. The fraction of sp³-hybridized carbons (Fsp3) is 0.778. The summed E-state index contributed by atoms with van der Waals surface area (Å²) in [7, 11) is 0. The van der Waals surface area contributed by atoms with Gasteiger partial charge in [-0.05, 0) is 0 Å². The number of rotatable bonds is 6. The summed E-state index contributed by atoms with van der Waals surface area (Å²) < 4.78 is 15.2. The minimum Gasteiger partial charge on any atom is -0.476 e. The highest BCUT2D eigenvalue weighted by molar-refractivity contribution is 4.60. The molecule has 0 N–H and O–H groups in total. The van der Waals surface area contributed by atoms with Gasteiger partial charge in [0.05, 0.1) is 26.1 Å². The maximum absolute atomic E-state index is 5.22. The summed E-state index contributed by atoms with van der Waals surface area (Å²) in [5.74, 6) is 0. The molecule has 1 rings (SSSR count). The second-order valence-corrected chi connectivity index (χ2v) is 2.81. The maximum Gasteiger partial charge on any atom is 0.188 e. The van der Waals surface area contributed by atoms with E-state index in [0.717, 1.165) is 32.8 Å². The first-order valence-electron chi connectivity index (χ1n) is 4.54. The second-order valence-electron chi connectivity index (χ2n) is 2.81. The van der Waals surface area contributed by atoms with Crippen molar-refractivity contribution in [2.24, 2.45) is 0 Å². The van der Waals surface area contributed by atoms with E-state index in [2.05, 4.69) is 11.5 Å². The SMILES string of the molecule is C=COCOCCN1CCOCC1. The second kappa shape index (κ2) is 6.88. The lowest BCUT2D eigenvalue weighted by Gasteiger charge is -2.26. The van der Waals surface area contributed by atoms with Gasteiger partial charge in [-0.15, -0.1) is 0 Å². The number of hydrogen-bond acceptors (Lipinski definition) is 4. The highest BCUT2D eigenvalue weighted by atomic mass is 16.7. The smallest absolute Gasteiger partial charge is 0.188 e. The molecule has 0 atom stereocenters. The molecule has 0 saturated carbocycles. The van der Waals surface area contributed by atoms with Crippen LogP contribution in [0.4, 0.5) is 0 Å². The van der Waals surface area contributed by atoms with Crippen molar-refractivity contribution >= 4 is 0 Å². The predicted molar refractivity (Wildman–Crippen MR) is 49.4 cm³/mol. The summed E-state index contributed by atoms with van der Waals surface area (Å²) in [6.07, 6.45) is 1.38. The van der Waals surface area contributed by atoms with Gasteiger partial charge in [-0.1, -0.05) is 6.58 Å². The predicted octanol–water partition coefficient (Wildman–Crippen LogP) is 0.453. The van der Waals surface area contributed by atoms with Crippen LogP contribution in [0.1, 0.15) is 0 Å². The van der Waals surface area contributed by atoms with Gasteiger partial charge in [0, 0.05) is 19.6 Å². The van der Waals surface area contributed by atoms with E-state index in [1.165, 1.54) is 6.26 Å². The molecule has 0 aromatic heterocycles. The van der Waals surface area contributed by atoms with Crippen molar-refractivity contribution in [2.75, 3.05) is 46.2 Å². The third-order valence-electron chi connectivity index (χ3n) is 1.92. The van der Waals surface area contributed by atoms with E-state index in [1.807, 2.05) is 0 Å². The Balaban J connectivity index is 1.89. The summed E-state index contributed by atoms with van der Waals surface area (Å²) in [5.41, 5.74) is 0. The van der Waals surface area contributed by atoms with Gasteiger partial charge in [0.15, 0.2) is 6.79 Å². The van der Waals surface area contributed by atoms with Crippen molar-refractivity contribution in [1.82, 2.24) is 4.90 Å². The molecule has 1 fully saturated rings. The molecule has 1 heterocycles. The summed E-state index contributed by atoms with van der Waals surface area (Å²) in [6, 6.07) is 0. The molecule has 0 aromatic carbocycles. The largest absolute Gasteiger partial charge is 0.476 e. The lowest BCUT2D eigenvalue weighted by molar-refractivity contribution is -0.0302. The van der Waals surface area contributed by atoms with Gasteiger partial charge >= 0.3 is 0 Å². The molecule has 1 aliphatic heterocycles. The molecule has 0 aromatic rings. The molecule has 0 spiro atoms. The average molecular weight is 187 g/mol. The number of ether oxygens (including phenoxy) is 3. The van der Waals surface area contributed by atoms with Crippen LogP contribution in [-0.4, -0.2) is 51.1 Å². The Bertz CT molecular complexity index is 135. The molecule has 0 unspecified atom stereocenters. The van der Waals surface area contributed by atoms with Gasteiger partial charge in [-0.3, -0.25) is 4.90 Å². The van der Waals surface area contributed by atoms with Crippen LogP contribution in [0.25, 0.3) is 0 Å². The van der Waals surface area contributed by atoms with E-state index < -0.39 is 0 Å². The van der Waals surface area contributed by atoms with E-state index in [4.69, 9.17) is 14.2 Å². The van der Waals surface area contributed by atoms with E-state index in [0.29, 0.717) is 13.4 Å². The van der Waals surface area contributed by atoms with Crippen molar-refractivity contribution in [3.63, 3.8) is 0 Å². The highest BCUT2D eigenvalue weighted by Gasteiger charge is 2.08. The van der Waals surface area contributed by atoms with Crippen LogP contribution in [-0.2, 0) is 14.2 Å². The Hall–Kier alpha value is -0.580. The van der Waals surface area contributed by atoms with Crippen LogP contribution >= 0.6 is 0 Å². The summed E-state index contributed by atoms with van der Waals surface area (Å²) in [6.45, 7) is 9.05. The number of nitrogens with zero attached hydrogens (tertiary/aromatic N) is 1. The minimum atomic E-state index is 0.299.